The highest BCUT2D eigenvalue weighted by Crippen LogP contribution is 2.68. The predicted octanol–water partition coefficient (Wildman–Crippen LogP) is 17.1. The van der Waals surface area contributed by atoms with Crippen LogP contribution in [-0.2, 0) is 16.2 Å². The molecule has 0 heterocycles. The van der Waals surface area contributed by atoms with E-state index in [0.29, 0.717) is 0 Å². The Morgan fingerprint density at radius 3 is 1.25 bits per heavy atom. The highest BCUT2D eigenvalue weighted by atomic mass is 15.1. The highest BCUT2D eigenvalue weighted by molar-refractivity contribution is 6.00. The van der Waals surface area contributed by atoms with E-state index in [1.807, 2.05) is 0 Å². The van der Waals surface area contributed by atoms with Gasteiger partial charge in [-0.15, -0.1) is 0 Å². The number of fused-ring (bicyclic) bond motifs is 19. The fourth-order valence-electron chi connectivity index (χ4n) is 13.1. The molecule has 1 heteroatoms. The standard InChI is InChI=1S/C65H45N.CH4.H2/c1-63(2)51-25-10-6-21-46(51)49-40-39-45(41-60(49)63)66(44-37-35-43(36-38-44)42-19-4-3-5-20-42)61-34-18-33-59-62(61)50-24-9-13-28-54(50)65(59)57-31-16-14-29-55(57)64(56-30-15-17-32-58(56)65)52-26-11-7-22-47(52)48-23-8-12-27-53(48)64;;/h3-41H,1-2H3;1H4;1H. The van der Waals surface area contributed by atoms with Gasteiger partial charge in [0.2, 0.25) is 0 Å². The smallest absolute Gasteiger partial charge is 0.0720 e. The minimum Gasteiger partial charge on any atom is -0.310 e. The molecule has 0 radical (unpaired) electrons. The average molecular weight is 858 g/mol. The maximum atomic E-state index is 2.54. The number of rotatable bonds is 4. The Labute approximate surface area is 395 Å². The molecule has 0 N–H and O–H groups in total. The summed E-state index contributed by atoms with van der Waals surface area (Å²) in [4.78, 5) is 2.54. The minimum atomic E-state index is -0.586. The molecule has 0 aliphatic heterocycles. The topological polar surface area (TPSA) is 3.24 Å². The first kappa shape index (κ1) is 39.4. The zero-order valence-corrected chi connectivity index (χ0v) is 37.0. The average Bonchev–Trinajstić information content (AvgIpc) is 3.94. The molecule has 0 aromatic heterocycles. The van der Waals surface area contributed by atoms with Gasteiger partial charge in [-0.2, -0.15) is 0 Å². The fraction of sp³-hybridized carbons (Fsp3) is 0.0909. The molecule has 0 unspecified atom stereocenters. The van der Waals surface area contributed by atoms with Crippen molar-refractivity contribution in [3.05, 3.63) is 292 Å². The van der Waals surface area contributed by atoms with Crippen LogP contribution in [-0.4, -0.2) is 0 Å². The molecule has 0 atom stereocenters. The SMILES string of the molecule is C.CC1(C)c2ccccc2-c2ccc(N(c3ccc(-c4ccccc4)cc3)c3cccc4c3-c3ccccc3C43c4ccccc4C4(c5ccccc5-c5ccccc54)c4ccccc43)cc21.[HH]. The van der Waals surface area contributed by atoms with Gasteiger partial charge in [0.25, 0.3) is 0 Å². The van der Waals surface area contributed by atoms with E-state index in [1.54, 1.807) is 0 Å². The summed E-state index contributed by atoms with van der Waals surface area (Å²) in [5, 5.41) is 0. The van der Waals surface area contributed by atoms with E-state index in [4.69, 9.17) is 0 Å². The van der Waals surface area contributed by atoms with Gasteiger partial charge in [0, 0.05) is 23.8 Å². The Hall–Kier alpha value is -8.00. The molecule has 4 aliphatic rings. The summed E-state index contributed by atoms with van der Waals surface area (Å²) >= 11 is 0. The number of anilines is 3. The Morgan fingerprint density at radius 1 is 0.299 bits per heavy atom. The Kier molecular flexibility index (Phi) is 8.37. The largest absolute Gasteiger partial charge is 0.310 e. The van der Waals surface area contributed by atoms with Crippen LogP contribution in [0.2, 0.25) is 0 Å². The van der Waals surface area contributed by atoms with Crippen LogP contribution >= 0.6 is 0 Å². The van der Waals surface area contributed by atoms with E-state index in [9.17, 15) is 0 Å². The second kappa shape index (κ2) is 14.2. The molecule has 0 fully saturated rings. The van der Waals surface area contributed by atoms with Crippen LogP contribution in [0.3, 0.4) is 0 Å². The van der Waals surface area contributed by atoms with E-state index in [1.165, 1.54) is 106 Å². The number of nitrogens with zero attached hydrogens (tertiary/aromatic N) is 1. The fourth-order valence-corrected chi connectivity index (χ4v) is 13.1. The van der Waals surface area contributed by atoms with Gasteiger partial charge in [0.15, 0.2) is 0 Å². The normalized spacial score (nSPS) is 15.0. The van der Waals surface area contributed by atoms with Gasteiger partial charge in [-0.25, -0.2) is 0 Å². The molecule has 4 aliphatic carbocycles. The van der Waals surface area contributed by atoms with E-state index in [-0.39, 0.29) is 14.3 Å². The molecule has 67 heavy (non-hydrogen) atoms. The number of benzene rings is 10. The maximum Gasteiger partial charge on any atom is 0.0720 e. The molecule has 10 aromatic rings. The Morgan fingerprint density at radius 2 is 0.687 bits per heavy atom. The number of hydrogen-bond acceptors (Lipinski definition) is 1. The lowest BCUT2D eigenvalue weighted by molar-refractivity contribution is 0.633. The van der Waals surface area contributed by atoms with Crippen molar-refractivity contribution in [3.63, 3.8) is 0 Å². The molecule has 0 saturated heterocycles. The summed E-state index contributed by atoms with van der Waals surface area (Å²) in [6.45, 7) is 4.76. The van der Waals surface area contributed by atoms with Crippen molar-refractivity contribution in [2.45, 2.75) is 37.5 Å². The second-order valence-electron chi connectivity index (χ2n) is 19.1. The van der Waals surface area contributed by atoms with Gasteiger partial charge < -0.3 is 4.90 Å². The van der Waals surface area contributed by atoms with Crippen molar-refractivity contribution in [3.8, 4) is 44.5 Å². The molecule has 0 amide bonds. The highest BCUT2D eigenvalue weighted by Gasteiger charge is 2.59. The lowest BCUT2D eigenvalue weighted by Gasteiger charge is -2.48. The first-order chi connectivity index (χ1) is 32.5. The van der Waals surface area contributed by atoms with Crippen LogP contribution in [0.4, 0.5) is 17.1 Å². The molecule has 2 spiro atoms. The second-order valence-corrected chi connectivity index (χ2v) is 19.1. The minimum absolute atomic E-state index is 0. The maximum absolute atomic E-state index is 2.54. The first-order valence-corrected chi connectivity index (χ1v) is 23.3. The molecule has 0 saturated carbocycles. The van der Waals surface area contributed by atoms with E-state index < -0.39 is 10.8 Å². The number of hydrogen-bond donors (Lipinski definition) is 0. The van der Waals surface area contributed by atoms with Crippen molar-refractivity contribution < 1.29 is 1.43 Å². The Balaban J connectivity index is 0.00000240. The lowest BCUT2D eigenvalue weighted by Crippen LogP contribution is -2.43. The van der Waals surface area contributed by atoms with Gasteiger partial charge in [-0.1, -0.05) is 228 Å². The van der Waals surface area contributed by atoms with Crippen molar-refractivity contribution in [2.75, 3.05) is 4.90 Å². The van der Waals surface area contributed by atoms with Gasteiger partial charge >= 0.3 is 0 Å². The monoisotopic (exact) mass is 857 g/mol. The third-order valence-corrected chi connectivity index (χ3v) is 15.8. The third-order valence-electron chi connectivity index (χ3n) is 15.8. The van der Waals surface area contributed by atoms with Crippen molar-refractivity contribution in [1.29, 1.82) is 0 Å². The molecule has 14 rings (SSSR count). The zero-order valence-electron chi connectivity index (χ0n) is 37.0. The predicted molar refractivity (Wildman–Crippen MR) is 281 cm³/mol. The van der Waals surface area contributed by atoms with Crippen LogP contribution in [0.1, 0.15) is 78.3 Å². The Bertz CT molecular complexity index is 3540. The van der Waals surface area contributed by atoms with Crippen LogP contribution < -0.4 is 4.90 Å². The summed E-state index contributed by atoms with van der Waals surface area (Å²) in [6.07, 6.45) is 0. The van der Waals surface area contributed by atoms with Gasteiger partial charge in [-0.05, 0) is 125 Å². The van der Waals surface area contributed by atoms with Crippen LogP contribution in [0.25, 0.3) is 44.5 Å². The van der Waals surface area contributed by atoms with Gasteiger partial charge in [0.05, 0.1) is 16.5 Å². The summed E-state index contributed by atoms with van der Waals surface area (Å²) in [5.41, 5.74) is 25.9. The molecular formula is C66H51N. The van der Waals surface area contributed by atoms with Crippen molar-refractivity contribution in [1.82, 2.24) is 0 Å². The quantitative estimate of drug-likeness (QED) is 0.170. The van der Waals surface area contributed by atoms with Gasteiger partial charge in [-0.3, -0.25) is 0 Å². The first-order valence-electron chi connectivity index (χ1n) is 23.3. The summed E-state index contributed by atoms with van der Waals surface area (Å²) in [5.74, 6) is 0. The lowest BCUT2D eigenvalue weighted by atomic mass is 9.52. The molecule has 0 bridgehead atoms. The molecule has 10 aromatic carbocycles. The van der Waals surface area contributed by atoms with Crippen LogP contribution in [0.15, 0.2) is 237 Å². The molecule has 1 nitrogen and oxygen atoms in total. The van der Waals surface area contributed by atoms with Gasteiger partial charge in [0.1, 0.15) is 0 Å². The van der Waals surface area contributed by atoms with Crippen LogP contribution in [0.5, 0.6) is 0 Å². The van der Waals surface area contributed by atoms with Crippen LogP contribution in [0, 0.1) is 0 Å². The molecule has 320 valence electrons. The molecular weight excluding hydrogens is 807 g/mol. The third kappa shape index (κ3) is 4.99. The summed E-state index contributed by atoms with van der Waals surface area (Å²) in [7, 11) is 0. The van der Waals surface area contributed by atoms with E-state index in [0.717, 1.165) is 11.4 Å². The van der Waals surface area contributed by atoms with E-state index >= 15 is 0 Å². The van der Waals surface area contributed by atoms with Crippen molar-refractivity contribution >= 4 is 17.1 Å². The summed E-state index contributed by atoms with van der Waals surface area (Å²) in [6, 6.07) is 89.5. The summed E-state index contributed by atoms with van der Waals surface area (Å²) < 4.78 is 0. The van der Waals surface area contributed by atoms with E-state index in [2.05, 4.69) is 255 Å². The van der Waals surface area contributed by atoms with Crippen molar-refractivity contribution in [2.24, 2.45) is 0 Å². The zero-order chi connectivity index (χ0) is 43.8.